The highest BCUT2D eigenvalue weighted by Crippen LogP contribution is 2.79. The van der Waals surface area contributed by atoms with E-state index in [1.54, 1.807) is 13.8 Å². The van der Waals surface area contributed by atoms with E-state index in [-0.39, 0.29) is 43.8 Å². The van der Waals surface area contributed by atoms with Crippen LogP contribution in [-0.4, -0.2) is 64.6 Å². The Morgan fingerprint density at radius 3 is 1.42 bits per heavy atom. The number of hydrogen-bond donors (Lipinski definition) is 6. The molecule has 1 unspecified atom stereocenters. The van der Waals surface area contributed by atoms with Gasteiger partial charge in [-0.3, -0.25) is 23.2 Å². The summed E-state index contributed by atoms with van der Waals surface area (Å²) in [5.74, 6) is 0. The summed E-state index contributed by atoms with van der Waals surface area (Å²) in [5, 5.41) is -3.03. The minimum Gasteiger partial charge on any atom is -0.323 e. The highest BCUT2D eigenvalue weighted by molar-refractivity contribution is 7.74. The van der Waals surface area contributed by atoms with Crippen LogP contribution in [0.5, 0.6) is 0 Å². The molecule has 0 saturated heterocycles. The van der Waals surface area contributed by atoms with E-state index < -0.39 is 53.9 Å². The molecule has 0 aliphatic heterocycles. The van der Waals surface area contributed by atoms with Crippen molar-refractivity contribution in [1.29, 1.82) is 0 Å². The summed E-state index contributed by atoms with van der Waals surface area (Å²) >= 11 is 0. The van der Waals surface area contributed by atoms with Gasteiger partial charge in [0.1, 0.15) is 0 Å². The largest absolute Gasteiger partial charge is 0.363 e. The molecule has 6 N–H and O–H groups in total. The summed E-state index contributed by atoms with van der Waals surface area (Å²) in [6.07, 6.45) is -0.259. The Kier molecular flexibility index (Phi) is 12.5. The van der Waals surface area contributed by atoms with Gasteiger partial charge in [0.2, 0.25) is 10.5 Å². The summed E-state index contributed by atoms with van der Waals surface area (Å²) in [6, 6.07) is 0. The quantitative estimate of drug-likeness (QED) is 0.158. The van der Waals surface area contributed by atoms with Crippen molar-refractivity contribution < 1.29 is 56.7 Å². The van der Waals surface area contributed by atoms with Gasteiger partial charge in [0, 0.05) is 6.54 Å². The summed E-state index contributed by atoms with van der Waals surface area (Å²) in [7, 11) is -22.0. The van der Waals surface area contributed by atoms with Gasteiger partial charge in [0.15, 0.2) is 0 Å². The normalized spacial score (nSPS) is 16.1. The highest BCUT2D eigenvalue weighted by Gasteiger charge is 2.70. The zero-order chi connectivity index (χ0) is 24.7. The van der Waals surface area contributed by atoms with Crippen molar-refractivity contribution in [2.45, 2.75) is 70.3 Å². The van der Waals surface area contributed by atoms with Crippen molar-refractivity contribution in [2.75, 3.05) is 19.8 Å². The maximum atomic E-state index is 14.0. The summed E-state index contributed by atoms with van der Waals surface area (Å²) in [4.78, 5) is 60.2. The standard InChI is InChI=1S/C14H35NO12P4/c1-5-9-14(30(22,23)24,31(25,26-11-7-3)27-12-8-4)15(10-6-2)13(28(16,17)18)29(19,20)21/h13H,5-12H2,1-4H3,(H2,16,17,18)(H2,19,20,21)(H2,22,23,24). The van der Waals surface area contributed by atoms with Crippen molar-refractivity contribution in [2.24, 2.45) is 0 Å². The molecule has 0 aromatic rings. The van der Waals surface area contributed by atoms with E-state index in [1.807, 2.05) is 0 Å². The van der Waals surface area contributed by atoms with E-state index in [9.17, 15) is 47.6 Å². The van der Waals surface area contributed by atoms with Crippen molar-refractivity contribution in [3.63, 3.8) is 0 Å². The van der Waals surface area contributed by atoms with Crippen LogP contribution in [0, 0.1) is 0 Å². The Morgan fingerprint density at radius 2 is 1.16 bits per heavy atom. The second-order valence-corrected chi connectivity index (χ2v) is 15.1. The molecule has 0 aliphatic carbocycles. The van der Waals surface area contributed by atoms with Crippen LogP contribution < -0.4 is 0 Å². The highest BCUT2D eigenvalue weighted by atomic mass is 31.2. The van der Waals surface area contributed by atoms with E-state index >= 15 is 0 Å². The molecule has 1 atom stereocenters. The molecule has 0 aliphatic rings. The van der Waals surface area contributed by atoms with Crippen molar-refractivity contribution >= 4 is 30.4 Å². The first kappa shape index (κ1) is 31.6. The molecule has 17 heteroatoms. The van der Waals surface area contributed by atoms with Crippen LogP contribution in [0.2, 0.25) is 0 Å². The lowest BCUT2D eigenvalue weighted by molar-refractivity contribution is 0.107. The summed E-state index contributed by atoms with van der Waals surface area (Å²) in [5.41, 5.74) is -2.96. The Labute approximate surface area is 182 Å². The second kappa shape index (κ2) is 12.3. The van der Waals surface area contributed by atoms with E-state index in [0.717, 1.165) is 0 Å². The molecule has 0 amide bonds. The number of hydrogen-bond acceptors (Lipinski definition) is 7. The lowest BCUT2D eigenvalue weighted by atomic mass is 10.3. The van der Waals surface area contributed by atoms with E-state index in [0.29, 0.717) is 0 Å². The Bertz CT molecular complexity index is 712. The van der Waals surface area contributed by atoms with Gasteiger partial charge in [0.25, 0.3) is 0 Å². The topological polar surface area (TPSA) is 211 Å². The van der Waals surface area contributed by atoms with Gasteiger partial charge in [-0.05, 0) is 25.7 Å². The first-order valence-corrected chi connectivity index (χ1v) is 16.3. The van der Waals surface area contributed by atoms with Gasteiger partial charge in [0.05, 0.1) is 13.2 Å². The van der Waals surface area contributed by atoms with Crippen LogP contribution in [0.4, 0.5) is 0 Å². The van der Waals surface area contributed by atoms with Gasteiger partial charge in [-0.15, -0.1) is 0 Å². The average Bonchev–Trinajstić information content (AvgIpc) is 2.59. The fourth-order valence-corrected chi connectivity index (χ4v) is 11.5. The first-order valence-electron chi connectivity index (χ1n) is 9.82. The molecule has 0 spiro atoms. The molecule has 0 fully saturated rings. The van der Waals surface area contributed by atoms with E-state index in [4.69, 9.17) is 9.05 Å². The molecule has 0 radical (unpaired) electrons. The van der Waals surface area contributed by atoms with Gasteiger partial charge in [-0.25, -0.2) is 0 Å². The molecule has 0 rings (SSSR count). The molecular weight excluding hydrogens is 498 g/mol. The average molecular weight is 533 g/mol. The predicted octanol–water partition coefficient (Wildman–Crippen LogP) is 3.02. The molecular formula is C14H35NO12P4. The Hall–Kier alpha value is 0.560. The summed E-state index contributed by atoms with van der Waals surface area (Å²) < 4.78 is 61.9. The molecule has 0 aromatic heterocycles. The Morgan fingerprint density at radius 1 is 0.742 bits per heavy atom. The SMILES string of the molecule is CCCOP(=O)(OCCC)C(CCC)(N(CCC)C(P(=O)(O)O)P(=O)(O)O)P(=O)(O)O. The lowest BCUT2D eigenvalue weighted by Gasteiger charge is -2.49. The molecule has 13 nitrogen and oxygen atoms in total. The van der Waals surface area contributed by atoms with Crippen molar-refractivity contribution in [3.8, 4) is 0 Å². The van der Waals surface area contributed by atoms with Crippen LogP contribution in [0.25, 0.3) is 0 Å². The van der Waals surface area contributed by atoms with E-state index in [1.165, 1.54) is 13.8 Å². The van der Waals surface area contributed by atoms with Crippen LogP contribution in [0.15, 0.2) is 0 Å². The zero-order valence-corrected chi connectivity index (χ0v) is 21.7. The maximum Gasteiger partial charge on any atom is 0.363 e. The van der Waals surface area contributed by atoms with Crippen LogP contribution >= 0.6 is 30.4 Å². The molecule has 0 bridgehead atoms. The van der Waals surface area contributed by atoms with Gasteiger partial charge in [-0.2, -0.15) is 0 Å². The molecule has 31 heavy (non-hydrogen) atoms. The maximum absolute atomic E-state index is 14.0. The number of rotatable bonds is 16. The predicted molar refractivity (Wildman–Crippen MR) is 115 cm³/mol. The third-order valence-corrected chi connectivity index (χ3v) is 13.1. The smallest absolute Gasteiger partial charge is 0.323 e. The molecule has 0 heterocycles. The van der Waals surface area contributed by atoms with Gasteiger partial charge < -0.3 is 38.4 Å². The molecule has 0 aromatic carbocycles. The van der Waals surface area contributed by atoms with Gasteiger partial charge >= 0.3 is 30.4 Å². The van der Waals surface area contributed by atoms with Crippen LogP contribution in [-0.2, 0) is 27.3 Å². The zero-order valence-electron chi connectivity index (χ0n) is 18.1. The van der Waals surface area contributed by atoms with Gasteiger partial charge in [-0.1, -0.05) is 34.1 Å². The minimum atomic E-state index is -5.71. The lowest BCUT2D eigenvalue weighted by Crippen LogP contribution is -2.54. The first-order chi connectivity index (χ1) is 14.0. The monoisotopic (exact) mass is 533 g/mol. The molecule has 0 saturated carbocycles. The van der Waals surface area contributed by atoms with Crippen LogP contribution in [0.3, 0.4) is 0 Å². The van der Waals surface area contributed by atoms with Crippen LogP contribution in [0.1, 0.15) is 59.8 Å². The third kappa shape index (κ3) is 7.52. The van der Waals surface area contributed by atoms with Crippen molar-refractivity contribution in [1.82, 2.24) is 4.90 Å². The fourth-order valence-electron chi connectivity index (χ4n) is 3.19. The van der Waals surface area contributed by atoms with E-state index in [2.05, 4.69) is 0 Å². The van der Waals surface area contributed by atoms with Crippen molar-refractivity contribution in [3.05, 3.63) is 0 Å². The third-order valence-electron chi connectivity index (χ3n) is 4.23. The fraction of sp³-hybridized carbons (Fsp3) is 1.00. The number of nitrogens with zero attached hydrogens (tertiary/aromatic N) is 1. The second-order valence-electron chi connectivity index (χ2n) is 6.95. The minimum absolute atomic E-state index is 0.0382. The molecule has 188 valence electrons. The Balaban J connectivity index is 7.45. The summed E-state index contributed by atoms with van der Waals surface area (Å²) in [6.45, 7) is 5.02.